The quantitative estimate of drug-likeness (QED) is 0.501. The molecular formula is C23H25ClF4N4O2. The van der Waals surface area contributed by atoms with E-state index in [1.54, 1.807) is 6.92 Å². The summed E-state index contributed by atoms with van der Waals surface area (Å²) in [6, 6.07) is 7.59. The lowest BCUT2D eigenvalue weighted by Gasteiger charge is -2.22. The second kappa shape index (κ2) is 9.20. The minimum atomic E-state index is -4.15. The molecule has 0 spiro atoms. The molecule has 0 aliphatic carbocycles. The van der Waals surface area contributed by atoms with Crippen molar-refractivity contribution in [3.05, 3.63) is 41.0 Å². The number of Topliss-reactive ketones (excluding diaryl/α,β-unsaturated/α-hetero) is 1. The Morgan fingerprint density at radius 3 is 2.44 bits per heavy atom. The maximum absolute atomic E-state index is 13.6. The molecule has 2 atom stereocenters. The molecule has 3 heterocycles. The summed E-state index contributed by atoms with van der Waals surface area (Å²) in [5.41, 5.74) is 1.05. The number of alkyl halides is 4. The summed E-state index contributed by atoms with van der Waals surface area (Å²) >= 11 is 6.24. The van der Waals surface area contributed by atoms with Gasteiger partial charge in [-0.2, -0.15) is 22.5 Å². The Morgan fingerprint density at radius 1 is 1.18 bits per heavy atom. The summed E-state index contributed by atoms with van der Waals surface area (Å²) in [4.78, 5) is 22.0. The molecule has 0 bridgehead atoms. The lowest BCUT2D eigenvalue weighted by molar-refractivity contribution is -0.172. The van der Waals surface area contributed by atoms with E-state index in [4.69, 9.17) is 16.3 Å². The van der Waals surface area contributed by atoms with Gasteiger partial charge in [0, 0.05) is 19.4 Å². The van der Waals surface area contributed by atoms with Gasteiger partial charge in [0.1, 0.15) is 22.7 Å². The second-order valence-electron chi connectivity index (χ2n) is 8.96. The Bertz CT molecular complexity index is 1040. The van der Waals surface area contributed by atoms with Gasteiger partial charge in [0.2, 0.25) is 5.95 Å². The fourth-order valence-electron chi connectivity index (χ4n) is 4.26. The Balaban J connectivity index is 1.41. The summed E-state index contributed by atoms with van der Waals surface area (Å²) in [6.45, 7) is 2.23. The zero-order valence-corrected chi connectivity index (χ0v) is 19.5. The number of rotatable bonds is 7. The summed E-state index contributed by atoms with van der Waals surface area (Å²) in [7, 11) is 0. The number of carbonyl (C=O) groups excluding carboxylic acids is 1. The molecule has 0 amide bonds. The van der Waals surface area contributed by atoms with E-state index in [9.17, 15) is 22.4 Å². The first-order valence-electron chi connectivity index (χ1n) is 11.0. The smallest absolute Gasteiger partial charge is 0.329 e. The highest BCUT2D eigenvalue weighted by molar-refractivity contribution is 6.32. The van der Waals surface area contributed by atoms with E-state index in [0.717, 1.165) is 10.5 Å². The SMILES string of the molecule is CC(=O)C[C@@H](C)c1ccc(O[C@@H]2CCN(c3nc(N4CC(F)(F)C(F)(F)C4)ncc3Cl)C2)cc1. The number of carbonyl (C=O) groups is 1. The van der Waals surface area contributed by atoms with Crippen LogP contribution in [0.25, 0.3) is 0 Å². The van der Waals surface area contributed by atoms with E-state index in [0.29, 0.717) is 37.5 Å². The highest BCUT2D eigenvalue weighted by atomic mass is 35.5. The van der Waals surface area contributed by atoms with Crippen LogP contribution in [0.4, 0.5) is 29.3 Å². The summed E-state index contributed by atoms with van der Waals surface area (Å²) in [5, 5.41) is 0.200. The molecule has 2 aliphatic heterocycles. The molecule has 6 nitrogen and oxygen atoms in total. The highest BCUT2D eigenvalue weighted by Crippen LogP contribution is 2.42. The molecule has 2 aliphatic rings. The lowest BCUT2D eigenvalue weighted by Crippen LogP contribution is -2.38. The average Bonchev–Trinajstić information content (AvgIpc) is 3.29. The first-order valence-corrected chi connectivity index (χ1v) is 11.4. The number of nitrogens with zero attached hydrogens (tertiary/aromatic N) is 4. The van der Waals surface area contributed by atoms with Gasteiger partial charge in [-0.15, -0.1) is 0 Å². The van der Waals surface area contributed by atoms with Gasteiger partial charge in [-0.25, -0.2) is 4.98 Å². The van der Waals surface area contributed by atoms with Gasteiger partial charge >= 0.3 is 11.8 Å². The molecule has 2 fully saturated rings. The third-order valence-corrected chi connectivity index (χ3v) is 6.37. The number of hydrogen-bond donors (Lipinski definition) is 0. The van der Waals surface area contributed by atoms with E-state index < -0.39 is 24.9 Å². The van der Waals surface area contributed by atoms with Crippen molar-refractivity contribution < 1.29 is 27.1 Å². The van der Waals surface area contributed by atoms with Gasteiger partial charge in [-0.3, -0.25) is 0 Å². The van der Waals surface area contributed by atoms with Gasteiger partial charge in [0.15, 0.2) is 5.82 Å². The van der Waals surface area contributed by atoms with Crippen molar-refractivity contribution >= 4 is 29.2 Å². The van der Waals surface area contributed by atoms with Gasteiger partial charge < -0.3 is 19.3 Å². The van der Waals surface area contributed by atoms with Gasteiger partial charge in [0.05, 0.1) is 25.8 Å². The normalized spacial score (nSPS) is 22.1. The predicted molar refractivity (Wildman–Crippen MR) is 121 cm³/mol. The van der Waals surface area contributed by atoms with Crippen LogP contribution in [0.15, 0.2) is 30.5 Å². The number of anilines is 2. The monoisotopic (exact) mass is 500 g/mol. The number of hydrogen-bond acceptors (Lipinski definition) is 6. The van der Waals surface area contributed by atoms with Crippen molar-refractivity contribution in [2.24, 2.45) is 0 Å². The van der Waals surface area contributed by atoms with Crippen LogP contribution in [-0.4, -0.2) is 59.9 Å². The Morgan fingerprint density at radius 2 is 1.82 bits per heavy atom. The van der Waals surface area contributed by atoms with E-state index in [1.807, 2.05) is 36.1 Å². The third kappa shape index (κ3) is 5.06. The molecule has 2 aromatic rings. The van der Waals surface area contributed by atoms with E-state index in [2.05, 4.69) is 9.97 Å². The van der Waals surface area contributed by atoms with Crippen LogP contribution < -0.4 is 14.5 Å². The number of halogens is 5. The Kier molecular flexibility index (Phi) is 6.63. The van der Waals surface area contributed by atoms with E-state index >= 15 is 0 Å². The minimum Gasteiger partial charge on any atom is -0.489 e. The van der Waals surface area contributed by atoms with Crippen LogP contribution in [0.1, 0.15) is 38.2 Å². The molecule has 1 aromatic heterocycles. The van der Waals surface area contributed by atoms with Crippen molar-refractivity contribution in [3.8, 4) is 5.75 Å². The maximum atomic E-state index is 13.6. The van der Waals surface area contributed by atoms with E-state index in [-0.39, 0.29) is 28.8 Å². The van der Waals surface area contributed by atoms with Gasteiger partial charge in [-0.1, -0.05) is 30.7 Å². The van der Waals surface area contributed by atoms with Crippen LogP contribution >= 0.6 is 11.6 Å². The molecular weight excluding hydrogens is 476 g/mol. The zero-order chi connectivity index (χ0) is 24.7. The molecule has 11 heteroatoms. The molecule has 4 rings (SSSR count). The average molecular weight is 501 g/mol. The van der Waals surface area contributed by atoms with Gasteiger partial charge in [0.25, 0.3) is 0 Å². The standard InChI is InChI=1S/C23H25ClF4N4O2/c1-14(9-15(2)33)16-3-5-17(6-4-16)34-18-7-8-31(11-18)20-19(24)10-29-21(30-20)32-12-22(25,26)23(27,28)13-32/h3-6,10,14,18H,7-9,11-13H2,1-2H3/t14-,18-/m1/s1. The second-order valence-corrected chi connectivity index (χ2v) is 9.36. The van der Waals surface area contributed by atoms with Gasteiger partial charge in [-0.05, 0) is 30.5 Å². The minimum absolute atomic E-state index is 0.123. The lowest BCUT2D eigenvalue weighted by atomic mass is 9.96. The Hall–Kier alpha value is -2.62. The largest absolute Gasteiger partial charge is 0.489 e. The van der Waals surface area contributed by atoms with Crippen LogP contribution in [0.2, 0.25) is 5.02 Å². The maximum Gasteiger partial charge on any atom is 0.329 e. The number of benzene rings is 1. The summed E-state index contributed by atoms with van der Waals surface area (Å²) < 4.78 is 60.5. The number of aromatic nitrogens is 2. The summed E-state index contributed by atoms with van der Waals surface area (Å²) in [5.74, 6) is -7.28. The van der Waals surface area contributed by atoms with Crippen LogP contribution in [0, 0.1) is 0 Å². The van der Waals surface area contributed by atoms with Crippen LogP contribution in [0.3, 0.4) is 0 Å². The van der Waals surface area contributed by atoms with Crippen molar-refractivity contribution in [2.75, 3.05) is 36.0 Å². The predicted octanol–water partition coefficient (Wildman–Crippen LogP) is 4.96. The molecule has 0 N–H and O–H groups in total. The van der Waals surface area contributed by atoms with Crippen molar-refractivity contribution in [2.45, 2.75) is 50.6 Å². The molecule has 1 aromatic carbocycles. The molecule has 184 valence electrons. The van der Waals surface area contributed by atoms with Crippen molar-refractivity contribution in [1.29, 1.82) is 0 Å². The summed E-state index contributed by atoms with van der Waals surface area (Å²) in [6.07, 6.45) is 2.21. The van der Waals surface area contributed by atoms with Crippen molar-refractivity contribution in [3.63, 3.8) is 0 Å². The van der Waals surface area contributed by atoms with Crippen molar-refractivity contribution in [1.82, 2.24) is 9.97 Å². The zero-order valence-electron chi connectivity index (χ0n) is 18.8. The Labute approximate surface area is 199 Å². The third-order valence-electron chi connectivity index (χ3n) is 6.10. The fourth-order valence-corrected chi connectivity index (χ4v) is 4.48. The van der Waals surface area contributed by atoms with Crippen LogP contribution in [0.5, 0.6) is 5.75 Å². The van der Waals surface area contributed by atoms with E-state index in [1.165, 1.54) is 6.20 Å². The number of ether oxygens (including phenoxy) is 1. The molecule has 34 heavy (non-hydrogen) atoms. The molecule has 0 radical (unpaired) electrons. The first kappa shape index (κ1) is 24.5. The highest BCUT2D eigenvalue weighted by Gasteiger charge is 2.63. The first-order chi connectivity index (χ1) is 15.9. The van der Waals surface area contributed by atoms with Crippen LogP contribution in [-0.2, 0) is 4.79 Å². The molecule has 0 unspecified atom stereocenters. The molecule has 2 saturated heterocycles. The molecule has 0 saturated carbocycles. The topological polar surface area (TPSA) is 58.6 Å². The number of ketones is 1. The fraction of sp³-hybridized carbons (Fsp3) is 0.522.